The lowest BCUT2D eigenvalue weighted by molar-refractivity contribution is -0.149. The number of halogens is 1. The highest BCUT2D eigenvalue weighted by Crippen LogP contribution is 2.28. The fourth-order valence-corrected chi connectivity index (χ4v) is 5.27. The van der Waals surface area contributed by atoms with Crippen LogP contribution < -0.4 is 11.1 Å². The maximum atomic E-state index is 14.5. The van der Waals surface area contributed by atoms with Crippen LogP contribution >= 0.6 is 11.3 Å². The predicted molar refractivity (Wildman–Crippen MR) is 152 cm³/mol. The Morgan fingerprint density at radius 3 is 2.31 bits per heavy atom. The Morgan fingerprint density at radius 1 is 1.00 bits per heavy atom. The molecule has 0 aliphatic rings. The molecular formula is C29H37FN4O4S. The van der Waals surface area contributed by atoms with Crippen molar-refractivity contribution in [2.45, 2.75) is 44.3 Å². The molecule has 0 aliphatic carbocycles. The lowest BCUT2D eigenvalue weighted by Gasteiger charge is -2.34. The summed E-state index contributed by atoms with van der Waals surface area (Å²) in [5.74, 6) is -1.72. The van der Waals surface area contributed by atoms with Gasteiger partial charge in [-0.2, -0.15) is 0 Å². The zero-order valence-corrected chi connectivity index (χ0v) is 23.9. The molecule has 0 fully saturated rings. The van der Waals surface area contributed by atoms with Gasteiger partial charge in [0.05, 0.1) is 6.61 Å². The molecule has 0 aliphatic heterocycles. The van der Waals surface area contributed by atoms with Gasteiger partial charge in [0.2, 0.25) is 17.7 Å². The Kier molecular flexibility index (Phi) is 10.2. The lowest BCUT2D eigenvalue weighted by atomic mass is 9.99. The number of hydrogen-bond donors (Lipinski definition) is 2. The standard InChI is InChI=1S/C29H37FN4O4S/c1-29(2,31)18-38-16-26(35)33(4)24(15-20-17-39-25-13-9-7-11-21(20)25)28(37)34(5)23(27(36)32-3)14-19-10-6-8-12-22(19)30/h6-13,17,23-24H,14-16,18,31H2,1-5H3,(H,32,36)/t23?,24-/m1/s1. The Bertz CT molecular complexity index is 1310. The average Bonchev–Trinajstić information content (AvgIpc) is 3.31. The second-order valence-corrected chi connectivity index (χ2v) is 11.2. The highest BCUT2D eigenvalue weighted by Gasteiger charge is 2.35. The van der Waals surface area contributed by atoms with Crippen molar-refractivity contribution in [3.8, 4) is 0 Å². The van der Waals surface area contributed by atoms with Crippen molar-refractivity contribution in [1.82, 2.24) is 15.1 Å². The van der Waals surface area contributed by atoms with Crippen molar-refractivity contribution in [2.24, 2.45) is 5.73 Å². The molecule has 2 atom stereocenters. The molecule has 2 aromatic carbocycles. The molecule has 1 aromatic heterocycles. The number of rotatable bonds is 12. The van der Waals surface area contributed by atoms with Gasteiger partial charge >= 0.3 is 0 Å². The molecule has 3 aromatic rings. The second-order valence-electron chi connectivity index (χ2n) is 10.3. The van der Waals surface area contributed by atoms with E-state index in [1.165, 1.54) is 30.0 Å². The van der Waals surface area contributed by atoms with Gasteiger partial charge in [-0.05, 0) is 47.9 Å². The van der Waals surface area contributed by atoms with Gasteiger partial charge in [-0.25, -0.2) is 4.39 Å². The van der Waals surface area contributed by atoms with Gasteiger partial charge < -0.3 is 25.6 Å². The second kappa shape index (κ2) is 13.1. The number of benzene rings is 2. The summed E-state index contributed by atoms with van der Waals surface area (Å²) in [4.78, 5) is 42.7. The first-order chi connectivity index (χ1) is 18.4. The Balaban J connectivity index is 1.91. The summed E-state index contributed by atoms with van der Waals surface area (Å²) in [6, 6.07) is 12.1. The van der Waals surface area contributed by atoms with E-state index in [9.17, 15) is 18.8 Å². The van der Waals surface area contributed by atoms with Crippen molar-refractivity contribution < 1.29 is 23.5 Å². The summed E-state index contributed by atoms with van der Waals surface area (Å²) in [7, 11) is 4.53. The molecule has 1 heterocycles. The number of likely N-dealkylation sites (N-methyl/N-ethyl adjacent to an activating group) is 3. The highest BCUT2D eigenvalue weighted by atomic mass is 32.1. The summed E-state index contributed by atoms with van der Waals surface area (Å²) in [6.07, 6.45) is 0.215. The van der Waals surface area contributed by atoms with Crippen LogP contribution in [-0.4, -0.2) is 79.5 Å². The summed E-state index contributed by atoms with van der Waals surface area (Å²) >= 11 is 1.56. The summed E-state index contributed by atoms with van der Waals surface area (Å²) in [5.41, 5.74) is 6.58. The summed E-state index contributed by atoms with van der Waals surface area (Å²) in [5, 5.41) is 5.55. The molecular weight excluding hydrogens is 519 g/mol. The number of ether oxygens (including phenoxy) is 1. The maximum absolute atomic E-state index is 14.5. The number of amides is 3. The van der Waals surface area contributed by atoms with Crippen molar-refractivity contribution in [1.29, 1.82) is 0 Å². The number of fused-ring (bicyclic) bond motifs is 1. The topological polar surface area (TPSA) is 105 Å². The van der Waals surface area contributed by atoms with Gasteiger partial charge in [-0.15, -0.1) is 11.3 Å². The minimum absolute atomic E-state index is 0.0188. The molecule has 0 radical (unpaired) electrons. The number of carbonyl (C=O) groups is 3. The van der Waals surface area contributed by atoms with Gasteiger partial charge in [0, 0.05) is 44.2 Å². The fourth-order valence-electron chi connectivity index (χ4n) is 4.30. The lowest BCUT2D eigenvalue weighted by Crippen LogP contribution is -2.56. The minimum Gasteiger partial charge on any atom is -0.370 e. The van der Waals surface area contributed by atoms with Crippen LogP contribution in [0, 0.1) is 5.82 Å². The van der Waals surface area contributed by atoms with Gasteiger partial charge in [-0.1, -0.05) is 36.4 Å². The van der Waals surface area contributed by atoms with Gasteiger partial charge in [0.15, 0.2) is 0 Å². The van der Waals surface area contributed by atoms with Crippen LogP contribution in [0.5, 0.6) is 0 Å². The largest absolute Gasteiger partial charge is 0.370 e. The third-order valence-corrected chi connectivity index (χ3v) is 7.57. The van der Waals surface area contributed by atoms with Crippen LogP contribution in [0.15, 0.2) is 53.9 Å². The molecule has 1 unspecified atom stereocenters. The van der Waals surface area contributed by atoms with Crippen LogP contribution in [0.4, 0.5) is 4.39 Å². The Labute approximate surface area is 232 Å². The van der Waals surface area contributed by atoms with E-state index >= 15 is 0 Å². The predicted octanol–water partition coefficient (Wildman–Crippen LogP) is 2.98. The van der Waals surface area contributed by atoms with Gasteiger partial charge in [-0.3, -0.25) is 14.4 Å². The highest BCUT2D eigenvalue weighted by molar-refractivity contribution is 7.17. The maximum Gasteiger partial charge on any atom is 0.249 e. The van der Waals surface area contributed by atoms with Crippen LogP contribution in [0.3, 0.4) is 0 Å². The summed E-state index contributed by atoms with van der Waals surface area (Å²) < 4.78 is 21.1. The molecule has 210 valence electrons. The zero-order valence-electron chi connectivity index (χ0n) is 23.1. The van der Waals surface area contributed by atoms with E-state index < -0.39 is 41.2 Å². The first kappa shape index (κ1) is 30.2. The molecule has 3 N–H and O–H groups in total. The fraction of sp³-hybridized carbons (Fsp3) is 0.414. The van der Waals surface area contributed by atoms with E-state index in [0.717, 1.165) is 15.6 Å². The quantitative estimate of drug-likeness (QED) is 0.357. The average molecular weight is 557 g/mol. The number of nitrogens with zero attached hydrogens (tertiary/aromatic N) is 2. The smallest absolute Gasteiger partial charge is 0.249 e. The third-order valence-electron chi connectivity index (χ3n) is 6.56. The van der Waals surface area contributed by atoms with Crippen LogP contribution in [0.2, 0.25) is 0 Å². The molecule has 3 rings (SSSR count). The first-order valence-corrected chi connectivity index (χ1v) is 13.6. The number of nitrogens with two attached hydrogens (primary N) is 1. The van der Waals surface area contributed by atoms with E-state index in [2.05, 4.69) is 5.32 Å². The van der Waals surface area contributed by atoms with E-state index in [-0.39, 0.29) is 26.1 Å². The molecule has 0 spiro atoms. The molecule has 8 nitrogen and oxygen atoms in total. The number of nitrogens with one attached hydrogen (secondary N) is 1. The molecule has 39 heavy (non-hydrogen) atoms. The molecule has 3 amide bonds. The number of hydrogen-bond acceptors (Lipinski definition) is 6. The van der Waals surface area contributed by atoms with Crippen molar-refractivity contribution in [2.75, 3.05) is 34.4 Å². The molecule has 0 bridgehead atoms. The van der Waals surface area contributed by atoms with Gasteiger partial charge in [0.1, 0.15) is 24.5 Å². The minimum atomic E-state index is -0.987. The van der Waals surface area contributed by atoms with Gasteiger partial charge in [0.25, 0.3) is 0 Å². The first-order valence-electron chi connectivity index (χ1n) is 12.7. The summed E-state index contributed by atoms with van der Waals surface area (Å²) in [6.45, 7) is 3.50. The molecule has 10 heteroatoms. The Morgan fingerprint density at radius 2 is 1.64 bits per heavy atom. The SMILES string of the molecule is CNC(=O)C(Cc1ccccc1F)N(C)C(=O)[C@@H](Cc1csc2ccccc12)N(C)C(=O)COCC(C)(C)N. The number of thiophene rings is 1. The van der Waals surface area contributed by atoms with Crippen molar-refractivity contribution in [3.05, 3.63) is 70.9 Å². The molecule has 0 saturated carbocycles. The monoisotopic (exact) mass is 556 g/mol. The van der Waals surface area contributed by atoms with E-state index in [1.54, 1.807) is 50.4 Å². The van der Waals surface area contributed by atoms with Crippen LogP contribution in [-0.2, 0) is 32.0 Å². The van der Waals surface area contributed by atoms with Crippen LogP contribution in [0.25, 0.3) is 10.1 Å². The van der Waals surface area contributed by atoms with Crippen LogP contribution in [0.1, 0.15) is 25.0 Å². The van der Waals surface area contributed by atoms with Crippen molar-refractivity contribution >= 4 is 39.1 Å². The van der Waals surface area contributed by atoms with E-state index in [0.29, 0.717) is 5.56 Å². The zero-order chi connectivity index (χ0) is 28.7. The Hall–Kier alpha value is -3.34. The van der Waals surface area contributed by atoms with E-state index in [4.69, 9.17) is 10.5 Å². The molecule has 0 saturated heterocycles. The third kappa shape index (κ3) is 7.84. The van der Waals surface area contributed by atoms with E-state index in [1.807, 2.05) is 29.6 Å². The van der Waals surface area contributed by atoms with Crippen molar-refractivity contribution in [3.63, 3.8) is 0 Å². The normalized spacial score (nSPS) is 13.1. The number of carbonyl (C=O) groups excluding carboxylic acids is 3.